The van der Waals surface area contributed by atoms with Crippen LogP contribution in [0.2, 0.25) is 5.02 Å². The van der Waals surface area contributed by atoms with E-state index in [9.17, 15) is 9.59 Å². The van der Waals surface area contributed by atoms with E-state index < -0.39 is 11.9 Å². The fraction of sp³-hybridized carbons (Fsp3) is 0.429. The molecule has 0 spiro atoms. The van der Waals surface area contributed by atoms with Crippen LogP contribution >= 0.6 is 11.6 Å². The first-order valence-corrected chi connectivity index (χ1v) is 6.54. The standard InChI is InChI=1S/C14H16ClNO3/c1-8(9-3-5-10(15)6-4-9)16(2)13(17)11-7-12(11)14(18)19/h3-6,8,11-12H,7H2,1-2H3,(H,18,19)/t8?,11-,12+/m1/s1. The average molecular weight is 282 g/mol. The lowest BCUT2D eigenvalue weighted by molar-refractivity contribution is -0.142. The van der Waals surface area contributed by atoms with Gasteiger partial charge in [-0.1, -0.05) is 23.7 Å². The van der Waals surface area contributed by atoms with Gasteiger partial charge in [-0.25, -0.2) is 0 Å². The first-order chi connectivity index (χ1) is 8.91. The number of aliphatic carboxylic acids is 1. The third-order valence-corrected chi connectivity index (χ3v) is 3.96. The Labute approximate surface area is 117 Å². The lowest BCUT2D eigenvalue weighted by atomic mass is 10.1. The fourth-order valence-corrected chi connectivity index (χ4v) is 2.28. The van der Waals surface area contributed by atoms with Gasteiger partial charge in [0, 0.05) is 12.1 Å². The van der Waals surface area contributed by atoms with Crippen LogP contribution in [-0.2, 0) is 9.59 Å². The van der Waals surface area contributed by atoms with E-state index >= 15 is 0 Å². The van der Waals surface area contributed by atoms with Crippen LogP contribution in [0.25, 0.3) is 0 Å². The maximum atomic E-state index is 12.1. The van der Waals surface area contributed by atoms with E-state index in [-0.39, 0.29) is 17.9 Å². The molecule has 4 nitrogen and oxygen atoms in total. The molecule has 1 amide bonds. The Balaban J connectivity index is 2.03. The van der Waals surface area contributed by atoms with Crippen molar-refractivity contribution in [3.05, 3.63) is 34.9 Å². The van der Waals surface area contributed by atoms with Crippen LogP contribution in [0.1, 0.15) is 24.9 Å². The summed E-state index contributed by atoms with van der Waals surface area (Å²) in [6, 6.07) is 7.21. The molecule has 0 heterocycles. The number of carbonyl (C=O) groups is 2. The molecular formula is C14H16ClNO3. The summed E-state index contributed by atoms with van der Waals surface area (Å²) in [4.78, 5) is 24.5. The van der Waals surface area contributed by atoms with Crippen molar-refractivity contribution in [2.75, 3.05) is 7.05 Å². The molecule has 1 aromatic carbocycles. The highest BCUT2D eigenvalue weighted by molar-refractivity contribution is 6.30. The van der Waals surface area contributed by atoms with Crippen LogP contribution in [-0.4, -0.2) is 28.9 Å². The van der Waals surface area contributed by atoms with Gasteiger partial charge < -0.3 is 10.0 Å². The van der Waals surface area contributed by atoms with Crippen molar-refractivity contribution in [3.63, 3.8) is 0 Å². The van der Waals surface area contributed by atoms with E-state index in [2.05, 4.69) is 0 Å². The van der Waals surface area contributed by atoms with E-state index in [1.807, 2.05) is 19.1 Å². The van der Waals surface area contributed by atoms with Gasteiger partial charge in [0.05, 0.1) is 17.9 Å². The zero-order valence-corrected chi connectivity index (χ0v) is 11.6. The minimum Gasteiger partial charge on any atom is -0.481 e. The third-order valence-electron chi connectivity index (χ3n) is 3.71. The van der Waals surface area contributed by atoms with Crippen LogP contribution in [0.3, 0.4) is 0 Å². The van der Waals surface area contributed by atoms with Gasteiger partial charge in [-0.15, -0.1) is 0 Å². The van der Waals surface area contributed by atoms with E-state index in [0.717, 1.165) is 5.56 Å². The zero-order valence-electron chi connectivity index (χ0n) is 10.8. The number of hydrogen-bond donors (Lipinski definition) is 1. The predicted molar refractivity (Wildman–Crippen MR) is 71.9 cm³/mol. The lowest BCUT2D eigenvalue weighted by Crippen LogP contribution is -2.31. The van der Waals surface area contributed by atoms with Gasteiger partial charge in [-0.05, 0) is 31.0 Å². The molecule has 1 fully saturated rings. The molecule has 19 heavy (non-hydrogen) atoms. The molecule has 0 saturated heterocycles. The fourth-order valence-electron chi connectivity index (χ4n) is 2.16. The second-order valence-electron chi connectivity index (χ2n) is 4.96. The van der Waals surface area contributed by atoms with Gasteiger partial charge in [0.2, 0.25) is 5.91 Å². The van der Waals surface area contributed by atoms with Crippen LogP contribution < -0.4 is 0 Å². The lowest BCUT2D eigenvalue weighted by Gasteiger charge is -2.25. The van der Waals surface area contributed by atoms with E-state index in [1.165, 1.54) is 0 Å². The third kappa shape index (κ3) is 2.89. The van der Waals surface area contributed by atoms with Crippen LogP contribution in [0.5, 0.6) is 0 Å². The highest BCUT2D eigenvalue weighted by Crippen LogP contribution is 2.41. The second-order valence-corrected chi connectivity index (χ2v) is 5.40. The molecule has 1 N–H and O–H groups in total. The Morgan fingerprint density at radius 2 is 1.89 bits per heavy atom. The van der Waals surface area contributed by atoms with Gasteiger partial charge >= 0.3 is 5.97 Å². The molecule has 0 aliphatic heterocycles. The maximum absolute atomic E-state index is 12.1. The smallest absolute Gasteiger partial charge is 0.307 e. The Morgan fingerprint density at radius 1 is 1.32 bits per heavy atom. The molecule has 1 aromatic rings. The Hall–Kier alpha value is -1.55. The zero-order chi connectivity index (χ0) is 14.2. The number of rotatable bonds is 4. The largest absolute Gasteiger partial charge is 0.481 e. The normalized spacial score (nSPS) is 22.7. The predicted octanol–water partition coefficient (Wildman–Crippen LogP) is 2.58. The summed E-state index contributed by atoms with van der Waals surface area (Å²) < 4.78 is 0. The number of amides is 1. The summed E-state index contributed by atoms with van der Waals surface area (Å²) in [6.45, 7) is 1.92. The molecule has 2 rings (SSSR count). The molecule has 1 saturated carbocycles. The van der Waals surface area contributed by atoms with Crippen molar-refractivity contribution in [3.8, 4) is 0 Å². The SMILES string of the molecule is CC(c1ccc(Cl)cc1)N(C)C(=O)[C@@H]1C[C@@H]1C(=O)O. The summed E-state index contributed by atoms with van der Waals surface area (Å²) >= 11 is 5.83. The first kappa shape index (κ1) is 13.9. The Kier molecular flexibility index (Phi) is 3.80. The van der Waals surface area contributed by atoms with E-state index in [1.54, 1.807) is 24.1 Å². The number of carbonyl (C=O) groups excluding carboxylic acids is 1. The van der Waals surface area contributed by atoms with E-state index in [4.69, 9.17) is 16.7 Å². The molecular weight excluding hydrogens is 266 g/mol. The van der Waals surface area contributed by atoms with Gasteiger partial charge in [0.15, 0.2) is 0 Å². The van der Waals surface area contributed by atoms with Crippen molar-refractivity contribution >= 4 is 23.5 Å². The highest BCUT2D eigenvalue weighted by atomic mass is 35.5. The van der Waals surface area contributed by atoms with Crippen molar-refractivity contribution in [2.45, 2.75) is 19.4 Å². The Bertz CT molecular complexity index is 500. The van der Waals surface area contributed by atoms with E-state index in [0.29, 0.717) is 11.4 Å². The van der Waals surface area contributed by atoms with Gasteiger partial charge in [-0.2, -0.15) is 0 Å². The quantitative estimate of drug-likeness (QED) is 0.923. The minimum absolute atomic E-state index is 0.0974. The molecule has 5 heteroatoms. The molecule has 1 unspecified atom stereocenters. The van der Waals surface area contributed by atoms with Crippen LogP contribution in [0, 0.1) is 11.8 Å². The van der Waals surface area contributed by atoms with Crippen molar-refractivity contribution in [1.29, 1.82) is 0 Å². The monoisotopic (exact) mass is 281 g/mol. The number of halogens is 1. The number of carboxylic acids is 1. The van der Waals surface area contributed by atoms with Gasteiger partial charge in [-0.3, -0.25) is 9.59 Å². The average Bonchev–Trinajstić information content (AvgIpc) is 3.17. The maximum Gasteiger partial charge on any atom is 0.307 e. The van der Waals surface area contributed by atoms with Gasteiger partial charge in [0.1, 0.15) is 0 Å². The minimum atomic E-state index is -0.883. The second kappa shape index (κ2) is 5.21. The molecule has 0 radical (unpaired) electrons. The van der Waals surface area contributed by atoms with Crippen molar-refractivity contribution in [1.82, 2.24) is 4.90 Å². The molecule has 102 valence electrons. The number of benzene rings is 1. The number of carboxylic acid groups (broad SMARTS) is 1. The highest BCUT2D eigenvalue weighted by Gasteiger charge is 2.49. The molecule has 0 bridgehead atoms. The van der Waals surface area contributed by atoms with Crippen molar-refractivity contribution < 1.29 is 14.7 Å². The van der Waals surface area contributed by atoms with Crippen molar-refractivity contribution in [2.24, 2.45) is 11.8 Å². The molecule has 1 aliphatic carbocycles. The number of nitrogens with zero attached hydrogens (tertiary/aromatic N) is 1. The summed E-state index contributed by atoms with van der Waals surface area (Å²) in [5.74, 6) is -1.86. The molecule has 0 aromatic heterocycles. The summed E-state index contributed by atoms with van der Waals surface area (Å²) in [6.07, 6.45) is 0.450. The molecule has 3 atom stereocenters. The van der Waals surface area contributed by atoms with Crippen LogP contribution in [0.4, 0.5) is 0 Å². The van der Waals surface area contributed by atoms with Gasteiger partial charge in [0.25, 0.3) is 0 Å². The number of hydrogen-bond acceptors (Lipinski definition) is 2. The summed E-state index contributed by atoms with van der Waals surface area (Å²) in [7, 11) is 1.71. The molecule has 1 aliphatic rings. The van der Waals surface area contributed by atoms with Crippen LogP contribution in [0.15, 0.2) is 24.3 Å². The summed E-state index contributed by atoms with van der Waals surface area (Å²) in [5, 5.41) is 9.51. The Morgan fingerprint density at radius 3 is 2.37 bits per heavy atom. The topological polar surface area (TPSA) is 57.6 Å². The first-order valence-electron chi connectivity index (χ1n) is 6.16. The summed E-state index contributed by atoms with van der Waals surface area (Å²) in [5.41, 5.74) is 0.979.